The minimum absolute atomic E-state index is 0.676. The Kier molecular flexibility index (Phi) is 6.87. The van der Waals surface area contributed by atoms with E-state index in [1.807, 2.05) is 18.5 Å². The summed E-state index contributed by atoms with van der Waals surface area (Å²) in [6, 6.07) is 58.6. The standard InChI is InChI=1S/C45H31N3/c1-2-11-31(12-3-1)30-48-45(42-19-9-4-14-36(42)35-13-10-26-46-29-35)28-44(47-48)33-22-20-32(21-23-33)34-24-25-41-39-17-6-5-15-37(39)38-16-7-8-18-40(38)43(41)27-34/h1-29H,30H2. The molecular formula is C45H31N3. The van der Waals surface area contributed by atoms with Crippen LogP contribution in [0.2, 0.25) is 0 Å². The summed E-state index contributed by atoms with van der Waals surface area (Å²) in [6.45, 7) is 0.676. The molecule has 0 aliphatic rings. The van der Waals surface area contributed by atoms with E-state index in [0.29, 0.717) is 6.54 Å². The average Bonchev–Trinajstić information content (AvgIpc) is 3.59. The summed E-state index contributed by atoms with van der Waals surface area (Å²) in [7, 11) is 0. The molecule has 9 aromatic rings. The molecule has 0 atom stereocenters. The number of aromatic nitrogens is 3. The molecule has 0 radical (unpaired) electrons. The monoisotopic (exact) mass is 613 g/mol. The van der Waals surface area contributed by atoms with E-state index in [4.69, 9.17) is 5.10 Å². The number of pyridine rings is 1. The molecule has 0 saturated carbocycles. The molecule has 0 bridgehead atoms. The van der Waals surface area contributed by atoms with Crippen LogP contribution in [0.4, 0.5) is 0 Å². The zero-order valence-electron chi connectivity index (χ0n) is 26.3. The number of fused-ring (bicyclic) bond motifs is 6. The van der Waals surface area contributed by atoms with Gasteiger partial charge in [-0.15, -0.1) is 0 Å². The van der Waals surface area contributed by atoms with Crippen LogP contribution in [0.1, 0.15) is 5.56 Å². The van der Waals surface area contributed by atoms with Gasteiger partial charge in [0, 0.05) is 29.1 Å². The molecule has 48 heavy (non-hydrogen) atoms. The Balaban J connectivity index is 1.13. The fourth-order valence-electron chi connectivity index (χ4n) is 7.05. The van der Waals surface area contributed by atoms with Gasteiger partial charge in [0.05, 0.1) is 17.9 Å². The minimum Gasteiger partial charge on any atom is -0.264 e. The van der Waals surface area contributed by atoms with Gasteiger partial charge in [-0.2, -0.15) is 5.10 Å². The van der Waals surface area contributed by atoms with E-state index in [9.17, 15) is 0 Å². The van der Waals surface area contributed by atoms with Gasteiger partial charge >= 0.3 is 0 Å². The molecule has 226 valence electrons. The molecule has 0 saturated heterocycles. The van der Waals surface area contributed by atoms with Crippen LogP contribution < -0.4 is 0 Å². The zero-order chi connectivity index (χ0) is 31.9. The Hall–Kier alpha value is -6.32. The number of hydrogen-bond acceptors (Lipinski definition) is 2. The molecule has 0 aliphatic carbocycles. The van der Waals surface area contributed by atoms with Crippen LogP contribution in [-0.2, 0) is 6.54 Å². The number of rotatable bonds is 6. The van der Waals surface area contributed by atoms with Gasteiger partial charge in [-0.25, -0.2) is 0 Å². The van der Waals surface area contributed by atoms with E-state index in [-0.39, 0.29) is 0 Å². The van der Waals surface area contributed by atoms with Crippen molar-refractivity contribution in [2.24, 2.45) is 0 Å². The van der Waals surface area contributed by atoms with Gasteiger partial charge in [0.1, 0.15) is 0 Å². The fourth-order valence-corrected chi connectivity index (χ4v) is 7.05. The molecule has 3 heteroatoms. The Labute approximate surface area is 279 Å². The predicted molar refractivity (Wildman–Crippen MR) is 200 cm³/mol. The third-order valence-corrected chi connectivity index (χ3v) is 9.39. The van der Waals surface area contributed by atoms with E-state index in [1.165, 1.54) is 49.0 Å². The van der Waals surface area contributed by atoms with Gasteiger partial charge < -0.3 is 0 Å². The van der Waals surface area contributed by atoms with Gasteiger partial charge in [0.15, 0.2) is 0 Å². The highest BCUT2D eigenvalue weighted by Gasteiger charge is 2.16. The summed E-state index contributed by atoms with van der Waals surface area (Å²) in [5, 5.41) is 12.9. The lowest BCUT2D eigenvalue weighted by molar-refractivity contribution is 0.697. The normalized spacial score (nSPS) is 11.4. The van der Waals surface area contributed by atoms with Crippen molar-refractivity contribution in [1.29, 1.82) is 0 Å². The first-order valence-electron chi connectivity index (χ1n) is 16.4. The number of hydrogen-bond donors (Lipinski definition) is 0. The Morgan fingerprint density at radius 2 is 1.00 bits per heavy atom. The molecule has 0 N–H and O–H groups in total. The average molecular weight is 614 g/mol. The summed E-state index contributed by atoms with van der Waals surface area (Å²) in [6.07, 6.45) is 3.74. The molecule has 0 unspecified atom stereocenters. The Morgan fingerprint density at radius 3 is 1.69 bits per heavy atom. The Morgan fingerprint density at radius 1 is 0.417 bits per heavy atom. The third kappa shape index (κ3) is 4.94. The summed E-state index contributed by atoms with van der Waals surface area (Å²) in [4.78, 5) is 4.39. The molecule has 0 aliphatic heterocycles. The van der Waals surface area contributed by atoms with E-state index in [2.05, 4.69) is 167 Å². The van der Waals surface area contributed by atoms with Crippen LogP contribution in [0.3, 0.4) is 0 Å². The second-order valence-corrected chi connectivity index (χ2v) is 12.3. The fraction of sp³-hybridized carbons (Fsp3) is 0.0222. The third-order valence-electron chi connectivity index (χ3n) is 9.39. The van der Waals surface area contributed by atoms with Crippen molar-refractivity contribution in [3.8, 4) is 44.8 Å². The predicted octanol–water partition coefficient (Wildman–Crippen LogP) is 11.5. The van der Waals surface area contributed by atoms with Crippen molar-refractivity contribution >= 4 is 32.3 Å². The topological polar surface area (TPSA) is 30.7 Å². The molecule has 0 fully saturated rings. The second-order valence-electron chi connectivity index (χ2n) is 12.3. The minimum atomic E-state index is 0.676. The van der Waals surface area contributed by atoms with E-state index < -0.39 is 0 Å². The van der Waals surface area contributed by atoms with Crippen LogP contribution >= 0.6 is 0 Å². The van der Waals surface area contributed by atoms with Gasteiger partial charge in [-0.05, 0) is 72.8 Å². The van der Waals surface area contributed by atoms with Crippen molar-refractivity contribution in [2.45, 2.75) is 6.54 Å². The molecule has 9 rings (SSSR count). The van der Waals surface area contributed by atoms with Crippen LogP contribution in [0.5, 0.6) is 0 Å². The van der Waals surface area contributed by atoms with Gasteiger partial charge in [0.25, 0.3) is 0 Å². The number of benzene rings is 7. The second kappa shape index (κ2) is 11.8. The first kappa shape index (κ1) is 27.9. The summed E-state index contributed by atoms with van der Waals surface area (Å²) < 4.78 is 2.13. The SMILES string of the molecule is c1ccc(Cn2nc(-c3ccc(-c4ccc5c6ccccc6c6ccccc6c5c4)cc3)cc2-c2ccccc2-c2cccnc2)cc1. The molecular weight excluding hydrogens is 583 g/mol. The van der Waals surface area contributed by atoms with Crippen molar-refractivity contribution in [2.75, 3.05) is 0 Å². The first-order chi connectivity index (χ1) is 23.8. The molecule has 3 nitrogen and oxygen atoms in total. The van der Waals surface area contributed by atoms with Gasteiger partial charge in [0.2, 0.25) is 0 Å². The molecule has 7 aromatic carbocycles. The maximum atomic E-state index is 5.19. The lowest BCUT2D eigenvalue weighted by Gasteiger charge is -2.12. The summed E-state index contributed by atoms with van der Waals surface area (Å²) in [5.41, 5.74) is 10.1. The molecule has 0 amide bonds. The maximum Gasteiger partial charge on any atom is 0.0929 e. The van der Waals surface area contributed by atoms with Crippen LogP contribution in [0.15, 0.2) is 176 Å². The van der Waals surface area contributed by atoms with Crippen molar-refractivity contribution in [3.63, 3.8) is 0 Å². The van der Waals surface area contributed by atoms with Crippen molar-refractivity contribution in [1.82, 2.24) is 14.8 Å². The lowest BCUT2D eigenvalue weighted by Crippen LogP contribution is -2.04. The molecule has 0 spiro atoms. The highest BCUT2D eigenvalue weighted by molar-refractivity contribution is 6.25. The molecule has 2 aromatic heterocycles. The quantitative estimate of drug-likeness (QED) is 0.175. The first-order valence-corrected chi connectivity index (χ1v) is 16.4. The van der Waals surface area contributed by atoms with Gasteiger partial charge in [-0.3, -0.25) is 9.67 Å². The smallest absolute Gasteiger partial charge is 0.0929 e. The van der Waals surface area contributed by atoms with Crippen LogP contribution in [0.25, 0.3) is 77.1 Å². The van der Waals surface area contributed by atoms with Crippen LogP contribution in [0, 0.1) is 0 Å². The van der Waals surface area contributed by atoms with Crippen molar-refractivity contribution in [3.05, 3.63) is 182 Å². The summed E-state index contributed by atoms with van der Waals surface area (Å²) >= 11 is 0. The van der Waals surface area contributed by atoms with E-state index in [0.717, 1.165) is 33.6 Å². The van der Waals surface area contributed by atoms with E-state index in [1.54, 1.807) is 0 Å². The van der Waals surface area contributed by atoms with Crippen molar-refractivity contribution < 1.29 is 0 Å². The highest BCUT2D eigenvalue weighted by atomic mass is 15.3. The largest absolute Gasteiger partial charge is 0.264 e. The zero-order valence-corrected chi connectivity index (χ0v) is 26.3. The van der Waals surface area contributed by atoms with Gasteiger partial charge in [-0.1, -0.05) is 146 Å². The lowest BCUT2D eigenvalue weighted by atomic mass is 9.92. The van der Waals surface area contributed by atoms with Crippen LogP contribution in [-0.4, -0.2) is 14.8 Å². The highest BCUT2D eigenvalue weighted by Crippen LogP contribution is 2.38. The molecule has 2 heterocycles. The number of nitrogens with zero attached hydrogens (tertiary/aromatic N) is 3. The maximum absolute atomic E-state index is 5.19. The summed E-state index contributed by atoms with van der Waals surface area (Å²) in [5.74, 6) is 0. The van der Waals surface area contributed by atoms with E-state index >= 15 is 0 Å². The Bertz CT molecular complexity index is 2530.